The molecule has 1 aromatic carbocycles. The first kappa shape index (κ1) is 20.5. The molecule has 152 valence electrons. The van der Waals surface area contributed by atoms with Crippen LogP contribution in [-0.4, -0.2) is 49.0 Å². The minimum Gasteiger partial charge on any atom is -0.495 e. The second-order valence-corrected chi connectivity index (χ2v) is 7.68. The number of benzene rings is 1. The fraction of sp³-hybridized carbons (Fsp3) is 0.550. The van der Waals surface area contributed by atoms with E-state index < -0.39 is 24.4 Å². The molecule has 3 rings (SSSR count). The number of carbonyl (C=O) groups excluding carboxylic acids is 3. The molecule has 1 saturated heterocycles. The topological polar surface area (TPSA) is 84.9 Å². The number of halogens is 1. The summed E-state index contributed by atoms with van der Waals surface area (Å²) in [6, 6.07) is 5.06. The lowest BCUT2D eigenvalue weighted by molar-refractivity contribution is -0.151. The lowest BCUT2D eigenvalue weighted by Crippen LogP contribution is -2.38. The van der Waals surface area contributed by atoms with Crippen molar-refractivity contribution in [2.45, 2.75) is 44.6 Å². The smallest absolute Gasteiger partial charge is 0.311 e. The summed E-state index contributed by atoms with van der Waals surface area (Å²) in [5.74, 6) is -1.07. The molecular weight excluding hydrogens is 384 g/mol. The van der Waals surface area contributed by atoms with Crippen LogP contribution in [0.4, 0.5) is 5.69 Å². The number of likely N-dealkylation sites (tertiary alicyclic amines) is 1. The average molecular weight is 409 g/mol. The molecule has 1 atom stereocenters. The SMILES string of the molecule is COc1ccc(Cl)cc1NC(=O)COC(=O)[C@@H]1CC(=O)N(C2CCCCC2)C1. The fourth-order valence-corrected chi connectivity index (χ4v) is 4.03. The first-order valence-electron chi connectivity index (χ1n) is 9.57. The van der Waals surface area contributed by atoms with E-state index >= 15 is 0 Å². The summed E-state index contributed by atoms with van der Waals surface area (Å²) in [6.45, 7) is -0.0469. The van der Waals surface area contributed by atoms with Crippen molar-refractivity contribution in [2.75, 3.05) is 25.6 Å². The van der Waals surface area contributed by atoms with Gasteiger partial charge in [-0.1, -0.05) is 30.9 Å². The summed E-state index contributed by atoms with van der Waals surface area (Å²) >= 11 is 5.93. The summed E-state index contributed by atoms with van der Waals surface area (Å²) < 4.78 is 10.3. The Hall–Kier alpha value is -2.28. The van der Waals surface area contributed by atoms with Gasteiger partial charge in [-0.15, -0.1) is 0 Å². The van der Waals surface area contributed by atoms with E-state index in [0.29, 0.717) is 23.0 Å². The van der Waals surface area contributed by atoms with Crippen molar-refractivity contribution in [1.82, 2.24) is 4.90 Å². The monoisotopic (exact) mass is 408 g/mol. The maximum Gasteiger partial charge on any atom is 0.311 e. The van der Waals surface area contributed by atoms with E-state index in [2.05, 4.69) is 5.32 Å². The van der Waals surface area contributed by atoms with Crippen LogP contribution in [0.3, 0.4) is 0 Å². The van der Waals surface area contributed by atoms with Crippen LogP contribution in [0.25, 0.3) is 0 Å². The predicted molar refractivity (Wildman–Crippen MR) is 104 cm³/mol. The molecule has 2 amide bonds. The summed E-state index contributed by atoms with van der Waals surface area (Å²) in [5.41, 5.74) is 0.399. The first-order chi connectivity index (χ1) is 13.5. The van der Waals surface area contributed by atoms with Gasteiger partial charge in [-0.2, -0.15) is 0 Å². The number of anilines is 1. The highest BCUT2D eigenvalue weighted by Crippen LogP contribution is 2.29. The van der Waals surface area contributed by atoms with Gasteiger partial charge in [0.1, 0.15) is 5.75 Å². The summed E-state index contributed by atoms with van der Waals surface area (Å²) in [7, 11) is 1.48. The van der Waals surface area contributed by atoms with Crippen LogP contribution in [0.1, 0.15) is 38.5 Å². The molecule has 8 heteroatoms. The van der Waals surface area contributed by atoms with E-state index in [1.54, 1.807) is 18.2 Å². The van der Waals surface area contributed by atoms with E-state index in [9.17, 15) is 14.4 Å². The maximum atomic E-state index is 12.3. The molecule has 1 N–H and O–H groups in total. The van der Waals surface area contributed by atoms with Gasteiger partial charge in [-0.25, -0.2) is 0 Å². The number of nitrogens with one attached hydrogen (secondary N) is 1. The minimum atomic E-state index is -0.514. The van der Waals surface area contributed by atoms with Gasteiger partial charge >= 0.3 is 5.97 Å². The number of hydrogen-bond acceptors (Lipinski definition) is 5. The molecule has 28 heavy (non-hydrogen) atoms. The molecule has 2 fully saturated rings. The van der Waals surface area contributed by atoms with Crippen molar-refractivity contribution in [2.24, 2.45) is 5.92 Å². The van der Waals surface area contributed by atoms with Gasteiger partial charge in [0, 0.05) is 24.0 Å². The summed E-state index contributed by atoms with van der Waals surface area (Å²) in [5, 5.41) is 3.06. The third kappa shape index (κ3) is 4.95. The molecule has 0 spiro atoms. The summed E-state index contributed by atoms with van der Waals surface area (Å²) in [4.78, 5) is 38.6. The van der Waals surface area contributed by atoms with Crippen molar-refractivity contribution in [1.29, 1.82) is 0 Å². The van der Waals surface area contributed by atoms with Crippen molar-refractivity contribution < 1.29 is 23.9 Å². The standard InChI is InChI=1S/C20H25ClN2O5/c1-27-17-8-7-14(21)10-16(17)22-18(24)12-28-20(26)13-9-19(25)23(11-13)15-5-3-2-4-6-15/h7-8,10,13,15H,2-6,9,11-12H2,1H3,(H,22,24)/t13-/m1/s1. The van der Waals surface area contributed by atoms with Gasteiger partial charge in [-0.05, 0) is 31.0 Å². The zero-order valence-corrected chi connectivity index (χ0v) is 16.7. The molecule has 0 bridgehead atoms. The molecule has 1 aliphatic carbocycles. The molecule has 1 saturated carbocycles. The minimum absolute atomic E-state index is 0.00182. The number of ether oxygens (including phenoxy) is 2. The van der Waals surface area contributed by atoms with Crippen LogP contribution in [0.2, 0.25) is 5.02 Å². The van der Waals surface area contributed by atoms with Crippen LogP contribution in [0.5, 0.6) is 5.75 Å². The van der Waals surface area contributed by atoms with Crippen LogP contribution in [-0.2, 0) is 19.1 Å². The Bertz CT molecular complexity index is 748. The largest absolute Gasteiger partial charge is 0.495 e. The molecule has 7 nitrogen and oxygen atoms in total. The molecule has 0 aromatic heterocycles. The van der Waals surface area contributed by atoms with E-state index in [1.165, 1.54) is 13.5 Å². The van der Waals surface area contributed by atoms with Gasteiger partial charge in [0.25, 0.3) is 5.91 Å². The van der Waals surface area contributed by atoms with Crippen molar-refractivity contribution in [3.05, 3.63) is 23.2 Å². The maximum absolute atomic E-state index is 12.3. The van der Waals surface area contributed by atoms with E-state index in [0.717, 1.165) is 25.7 Å². The second-order valence-electron chi connectivity index (χ2n) is 7.24. The number of carbonyl (C=O) groups is 3. The molecule has 1 heterocycles. The van der Waals surface area contributed by atoms with Crippen LogP contribution in [0, 0.1) is 5.92 Å². The van der Waals surface area contributed by atoms with Gasteiger partial charge < -0.3 is 19.7 Å². The van der Waals surface area contributed by atoms with Crippen LogP contribution >= 0.6 is 11.6 Å². The van der Waals surface area contributed by atoms with Gasteiger partial charge in [0.2, 0.25) is 5.91 Å². The van der Waals surface area contributed by atoms with Crippen LogP contribution in [0.15, 0.2) is 18.2 Å². The third-order valence-corrected chi connectivity index (χ3v) is 5.52. The highest BCUT2D eigenvalue weighted by Gasteiger charge is 2.39. The van der Waals surface area contributed by atoms with Crippen molar-refractivity contribution >= 4 is 35.1 Å². The Morgan fingerprint density at radius 3 is 2.71 bits per heavy atom. The number of rotatable bonds is 6. The van der Waals surface area contributed by atoms with E-state index in [4.69, 9.17) is 21.1 Å². The Kier molecular flexibility index (Phi) is 6.78. The number of esters is 1. The predicted octanol–water partition coefficient (Wildman–Crippen LogP) is 3.01. The first-order valence-corrected chi connectivity index (χ1v) is 9.95. The normalized spacial score (nSPS) is 20.1. The number of hydrogen-bond donors (Lipinski definition) is 1. The molecule has 0 unspecified atom stereocenters. The zero-order chi connectivity index (χ0) is 20.1. The van der Waals surface area contributed by atoms with Gasteiger partial charge in [0.05, 0.1) is 18.7 Å². The quantitative estimate of drug-likeness (QED) is 0.731. The van der Waals surface area contributed by atoms with Gasteiger partial charge in [-0.3, -0.25) is 14.4 Å². The highest BCUT2D eigenvalue weighted by molar-refractivity contribution is 6.31. The Morgan fingerprint density at radius 2 is 2.00 bits per heavy atom. The van der Waals surface area contributed by atoms with Gasteiger partial charge in [0.15, 0.2) is 6.61 Å². The Labute approximate surface area is 169 Å². The molecule has 0 radical (unpaired) electrons. The average Bonchev–Trinajstić information content (AvgIpc) is 3.09. The van der Waals surface area contributed by atoms with E-state index in [-0.39, 0.29) is 18.4 Å². The lowest BCUT2D eigenvalue weighted by atomic mass is 9.94. The summed E-state index contributed by atoms with van der Waals surface area (Å²) in [6.07, 6.45) is 5.59. The third-order valence-electron chi connectivity index (χ3n) is 5.29. The molecule has 1 aliphatic heterocycles. The molecular formula is C20H25ClN2O5. The van der Waals surface area contributed by atoms with Crippen molar-refractivity contribution in [3.63, 3.8) is 0 Å². The molecule has 2 aliphatic rings. The Morgan fingerprint density at radius 1 is 1.25 bits per heavy atom. The van der Waals surface area contributed by atoms with E-state index in [1.807, 2.05) is 4.90 Å². The highest BCUT2D eigenvalue weighted by atomic mass is 35.5. The number of methoxy groups -OCH3 is 1. The fourth-order valence-electron chi connectivity index (χ4n) is 3.85. The molecule has 1 aromatic rings. The number of nitrogens with zero attached hydrogens (tertiary/aromatic N) is 1. The van der Waals surface area contributed by atoms with Crippen molar-refractivity contribution in [3.8, 4) is 5.75 Å². The Balaban J connectivity index is 1.49. The number of amides is 2. The lowest BCUT2D eigenvalue weighted by Gasteiger charge is -2.31. The second kappa shape index (κ2) is 9.28. The zero-order valence-electron chi connectivity index (χ0n) is 15.9. The van der Waals surface area contributed by atoms with Crippen LogP contribution < -0.4 is 10.1 Å².